The molecular formula is C13H23ClN2S. The Labute approximate surface area is 114 Å². The molecule has 1 aromatic rings. The zero-order valence-electron chi connectivity index (χ0n) is 11.2. The third-order valence-electron chi connectivity index (χ3n) is 2.69. The van der Waals surface area contributed by atoms with E-state index in [1.54, 1.807) is 11.3 Å². The van der Waals surface area contributed by atoms with Crippen LogP contribution in [0.2, 0.25) is 0 Å². The van der Waals surface area contributed by atoms with Crippen LogP contribution in [-0.4, -0.2) is 16.9 Å². The molecule has 0 aliphatic heterocycles. The number of hydrogen-bond donors (Lipinski definition) is 1. The molecule has 1 unspecified atom stereocenters. The van der Waals surface area contributed by atoms with Crippen molar-refractivity contribution in [3.63, 3.8) is 0 Å². The van der Waals surface area contributed by atoms with Gasteiger partial charge in [0.1, 0.15) is 5.01 Å². The van der Waals surface area contributed by atoms with Crippen LogP contribution >= 0.6 is 22.9 Å². The first-order chi connectivity index (χ1) is 7.93. The first-order valence-corrected chi connectivity index (χ1v) is 7.59. The largest absolute Gasteiger partial charge is 0.308 e. The molecular weight excluding hydrogens is 252 g/mol. The average Bonchev–Trinajstić information content (AvgIpc) is 2.71. The molecule has 0 saturated heterocycles. The van der Waals surface area contributed by atoms with E-state index in [1.807, 2.05) is 0 Å². The van der Waals surface area contributed by atoms with Gasteiger partial charge in [-0.05, 0) is 19.8 Å². The summed E-state index contributed by atoms with van der Waals surface area (Å²) in [5.74, 6) is 0.747. The van der Waals surface area contributed by atoms with Gasteiger partial charge >= 0.3 is 0 Å². The molecule has 0 bridgehead atoms. The Kier molecular flexibility index (Phi) is 5.90. The molecule has 4 heteroatoms. The van der Waals surface area contributed by atoms with Gasteiger partial charge in [0, 0.05) is 29.3 Å². The standard InChI is InChI=1S/C13H23ClN2S/c1-10(6-5-7-14)15-8-12-16-11(9-17-12)13(2,3)4/h9-10,15H,5-8H2,1-4H3. The van der Waals surface area contributed by atoms with Gasteiger partial charge in [0.05, 0.1) is 5.69 Å². The summed E-state index contributed by atoms with van der Waals surface area (Å²) < 4.78 is 0. The van der Waals surface area contributed by atoms with Gasteiger partial charge in [-0.1, -0.05) is 20.8 Å². The summed E-state index contributed by atoms with van der Waals surface area (Å²) >= 11 is 7.42. The Morgan fingerprint density at radius 3 is 2.71 bits per heavy atom. The Bertz CT molecular complexity index is 330. The Morgan fingerprint density at radius 1 is 1.47 bits per heavy atom. The second-order valence-corrected chi connectivity index (χ2v) is 6.81. The van der Waals surface area contributed by atoms with Crippen LogP contribution in [0.3, 0.4) is 0 Å². The van der Waals surface area contributed by atoms with E-state index < -0.39 is 0 Å². The maximum absolute atomic E-state index is 5.68. The van der Waals surface area contributed by atoms with Crippen molar-refractivity contribution < 1.29 is 0 Å². The number of aromatic nitrogens is 1. The van der Waals surface area contributed by atoms with Crippen molar-refractivity contribution in [1.29, 1.82) is 0 Å². The quantitative estimate of drug-likeness (QED) is 0.795. The molecule has 0 amide bonds. The topological polar surface area (TPSA) is 24.9 Å². The Morgan fingerprint density at radius 2 is 2.18 bits per heavy atom. The van der Waals surface area contributed by atoms with Gasteiger partial charge in [0.25, 0.3) is 0 Å². The van der Waals surface area contributed by atoms with Crippen LogP contribution in [-0.2, 0) is 12.0 Å². The molecule has 17 heavy (non-hydrogen) atoms. The second kappa shape index (κ2) is 6.72. The lowest BCUT2D eigenvalue weighted by Gasteiger charge is -2.14. The third-order valence-corrected chi connectivity index (χ3v) is 3.81. The van der Waals surface area contributed by atoms with Crippen molar-refractivity contribution in [2.45, 2.75) is 58.5 Å². The molecule has 1 heterocycles. The van der Waals surface area contributed by atoms with Crippen LogP contribution in [0, 0.1) is 0 Å². The van der Waals surface area contributed by atoms with Gasteiger partial charge in [-0.2, -0.15) is 0 Å². The molecule has 0 radical (unpaired) electrons. The molecule has 1 rings (SSSR count). The van der Waals surface area contributed by atoms with Crippen molar-refractivity contribution in [3.05, 3.63) is 16.1 Å². The van der Waals surface area contributed by atoms with Gasteiger partial charge in [-0.15, -0.1) is 22.9 Å². The summed E-state index contributed by atoms with van der Waals surface area (Å²) in [6, 6.07) is 0.510. The highest BCUT2D eigenvalue weighted by atomic mass is 35.5. The van der Waals surface area contributed by atoms with E-state index >= 15 is 0 Å². The summed E-state index contributed by atoms with van der Waals surface area (Å²) in [4.78, 5) is 4.66. The summed E-state index contributed by atoms with van der Waals surface area (Å²) in [6.07, 6.45) is 2.20. The maximum atomic E-state index is 5.68. The number of hydrogen-bond acceptors (Lipinski definition) is 3. The Hall–Kier alpha value is -0.120. The average molecular weight is 275 g/mol. The van der Waals surface area contributed by atoms with E-state index in [0.717, 1.165) is 25.3 Å². The molecule has 0 spiro atoms. The zero-order chi connectivity index (χ0) is 12.9. The van der Waals surface area contributed by atoms with E-state index in [9.17, 15) is 0 Å². The van der Waals surface area contributed by atoms with E-state index in [0.29, 0.717) is 6.04 Å². The monoisotopic (exact) mass is 274 g/mol. The molecule has 2 nitrogen and oxygen atoms in total. The van der Waals surface area contributed by atoms with Crippen LogP contribution in [0.15, 0.2) is 5.38 Å². The van der Waals surface area contributed by atoms with Crippen molar-refractivity contribution in [3.8, 4) is 0 Å². The molecule has 0 saturated carbocycles. The lowest BCUT2D eigenvalue weighted by atomic mass is 9.93. The molecule has 1 atom stereocenters. The molecule has 0 aromatic carbocycles. The fourth-order valence-electron chi connectivity index (χ4n) is 1.48. The summed E-state index contributed by atoms with van der Waals surface area (Å²) in [6.45, 7) is 9.65. The summed E-state index contributed by atoms with van der Waals surface area (Å²) in [5, 5.41) is 6.83. The van der Waals surface area contributed by atoms with Gasteiger partial charge < -0.3 is 5.32 Å². The predicted octanol–water partition coefficient (Wildman–Crippen LogP) is 3.94. The number of nitrogens with one attached hydrogen (secondary N) is 1. The third kappa shape index (κ3) is 5.36. The summed E-state index contributed by atoms with van der Waals surface area (Å²) in [5.41, 5.74) is 1.34. The molecule has 0 aliphatic rings. The molecule has 98 valence electrons. The Balaban J connectivity index is 2.40. The minimum atomic E-state index is 0.152. The van der Waals surface area contributed by atoms with Crippen molar-refractivity contribution in [1.82, 2.24) is 10.3 Å². The van der Waals surface area contributed by atoms with E-state index in [1.165, 1.54) is 10.7 Å². The van der Waals surface area contributed by atoms with Crippen LogP contribution in [0.1, 0.15) is 51.2 Å². The lowest BCUT2D eigenvalue weighted by Crippen LogP contribution is -2.25. The van der Waals surface area contributed by atoms with Crippen molar-refractivity contribution in [2.75, 3.05) is 5.88 Å². The SMILES string of the molecule is CC(CCCCl)NCc1nc(C(C)(C)C)cs1. The second-order valence-electron chi connectivity index (χ2n) is 5.49. The number of rotatable bonds is 6. The zero-order valence-corrected chi connectivity index (χ0v) is 12.8. The van der Waals surface area contributed by atoms with Crippen LogP contribution < -0.4 is 5.32 Å². The highest BCUT2D eigenvalue weighted by molar-refractivity contribution is 7.09. The lowest BCUT2D eigenvalue weighted by molar-refractivity contribution is 0.506. The van der Waals surface area contributed by atoms with Gasteiger partial charge in [-0.3, -0.25) is 0 Å². The minimum absolute atomic E-state index is 0.152. The number of thiazole rings is 1. The highest BCUT2D eigenvalue weighted by Gasteiger charge is 2.17. The first-order valence-electron chi connectivity index (χ1n) is 6.17. The predicted molar refractivity (Wildman–Crippen MR) is 77.1 cm³/mol. The number of nitrogens with zero attached hydrogens (tertiary/aromatic N) is 1. The normalized spacial score (nSPS) is 13.9. The van der Waals surface area contributed by atoms with Crippen LogP contribution in [0.5, 0.6) is 0 Å². The molecule has 1 N–H and O–H groups in total. The van der Waals surface area contributed by atoms with Gasteiger partial charge in [-0.25, -0.2) is 4.98 Å². The maximum Gasteiger partial charge on any atom is 0.107 e. The fraction of sp³-hybridized carbons (Fsp3) is 0.769. The number of halogens is 1. The number of alkyl halides is 1. The highest BCUT2D eigenvalue weighted by Crippen LogP contribution is 2.23. The molecule has 0 aliphatic carbocycles. The van der Waals surface area contributed by atoms with E-state index in [-0.39, 0.29) is 5.41 Å². The first kappa shape index (κ1) is 14.9. The smallest absolute Gasteiger partial charge is 0.107 e. The van der Waals surface area contributed by atoms with E-state index in [4.69, 9.17) is 11.6 Å². The van der Waals surface area contributed by atoms with Gasteiger partial charge in [0.2, 0.25) is 0 Å². The van der Waals surface area contributed by atoms with Crippen LogP contribution in [0.25, 0.3) is 0 Å². The van der Waals surface area contributed by atoms with Crippen molar-refractivity contribution in [2.24, 2.45) is 0 Å². The van der Waals surface area contributed by atoms with Gasteiger partial charge in [0.15, 0.2) is 0 Å². The summed E-state index contributed by atoms with van der Waals surface area (Å²) in [7, 11) is 0. The molecule has 0 fully saturated rings. The molecule has 1 aromatic heterocycles. The van der Waals surface area contributed by atoms with Crippen LogP contribution in [0.4, 0.5) is 0 Å². The fourth-order valence-corrected chi connectivity index (χ4v) is 2.61. The van der Waals surface area contributed by atoms with E-state index in [2.05, 4.69) is 43.4 Å². The minimum Gasteiger partial charge on any atom is -0.308 e. The van der Waals surface area contributed by atoms with Crippen molar-refractivity contribution >= 4 is 22.9 Å².